The van der Waals surface area contributed by atoms with E-state index in [-0.39, 0.29) is 0 Å². The zero-order valence-electron chi connectivity index (χ0n) is 7.40. The third-order valence-corrected chi connectivity index (χ3v) is 4.15. The zero-order chi connectivity index (χ0) is 9.26. The third kappa shape index (κ3) is 1.81. The number of benzene rings is 1. The summed E-state index contributed by atoms with van der Waals surface area (Å²) in [5.41, 5.74) is 6.60. The van der Waals surface area contributed by atoms with Crippen molar-refractivity contribution in [2.45, 2.75) is 29.5 Å². The van der Waals surface area contributed by atoms with Gasteiger partial charge in [-0.05, 0) is 24.5 Å². The van der Waals surface area contributed by atoms with Crippen molar-refractivity contribution in [3.05, 3.63) is 29.8 Å². The first-order chi connectivity index (χ1) is 6.33. The van der Waals surface area contributed by atoms with Gasteiger partial charge in [0.15, 0.2) is 0 Å². The van der Waals surface area contributed by atoms with Crippen molar-refractivity contribution in [3.63, 3.8) is 0 Å². The zero-order valence-corrected chi connectivity index (χ0v) is 8.22. The molecule has 1 saturated carbocycles. The van der Waals surface area contributed by atoms with Gasteiger partial charge in [-0.2, -0.15) is 0 Å². The van der Waals surface area contributed by atoms with Gasteiger partial charge in [0.1, 0.15) is 0 Å². The predicted molar refractivity (Wildman–Crippen MR) is 53.8 cm³/mol. The van der Waals surface area contributed by atoms with E-state index in [2.05, 4.69) is 0 Å². The van der Waals surface area contributed by atoms with Gasteiger partial charge < -0.3 is 5.73 Å². The van der Waals surface area contributed by atoms with E-state index < -0.39 is 10.8 Å². The lowest BCUT2D eigenvalue weighted by Crippen LogP contribution is -2.05. The summed E-state index contributed by atoms with van der Waals surface area (Å²) in [6.07, 6.45) is 2.21. The second-order valence-corrected chi connectivity index (χ2v) is 5.01. The summed E-state index contributed by atoms with van der Waals surface area (Å²) in [6, 6.07) is 7.75. The van der Waals surface area contributed by atoms with Gasteiger partial charge >= 0.3 is 0 Å². The minimum atomic E-state index is -0.815. The third-order valence-electron chi connectivity index (χ3n) is 2.24. The van der Waals surface area contributed by atoms with Crippen molar-refractivity contribution in [2.75, 3.05) is 0 Å². The Hall–Kier alpha value is -0.670. The van der Waals surface area contributed by atoms with E-state index in [1.165, 1.54) is 0 Å². The first-order valence-electron chi connectivity index (χ1n) is 4.51. The van der Waals surface area contributed by atoms with Crippen molar-refractivity contribution in [2.24, 2.45) is 5.73 Å². The van der Waals surface area contributed by atoms with E-state index in [1.54, 1.807) is 0 Å². The molecule has 0 saturated heterocycles. The lowest BCUT2D eigenvalue weighted by molar-refractivity contribution is 0.681. The Labute approximate surface area is 80.6 Å². The highest BCUT2D eigenvalue weighted by atomic mass is 32.2. The number of hydrogen-bond donors (Lipinski definition) is 1. The molecule has 0 spiro atoms. The SMILES string of the molecule is NCc1ccccc1S(=O)C1CC1. The first-order valence-corrected chi connectivity index (χ1v) is 5.73. The maximum absolute atomic E-state index is 11.8. The molecule has 13 heavy (non-hydrogen) atoms. The van der Waals surface area contributed by atoms with Crippen LogP contribution in [0.2, 0.25) is 0 Å². The number of hydrogen-bond acceptors (Lipinski definition) is 2. The van der Waals surface area contributed by atoms with Gasteiger partial charge in [0.05, 0.1) is 10.8 Å². The van der Waals surface area contributed by atoms with Crippen LogP contribution in [0.3, 0.4) is 0 Å². The molecule has 1 fully saturated rings. The Bertz CT molecular complexity index is 333. The molecule has 1 aliphatic rings. The van der Waals surface area contributed by atoms with Crippen molar-refractivity contribution in [3.8, 4) is 0 Å². The molecule has 70 valence electrons. The predicted octanol–water partition coefficient (Wildman–Crippen LogP) is 1.42. The molecule has 2 nitrogen and oxygen atoms in total. The van der Waals surface area contributed by atoms with E-state index in [0.717, 1.165) is 23.3 Å². The molecule has 1 aliphatic carbocycles. The van der Waals surface area contributed by atoms with Crippen molar-refractivity contribution >= 4 is 10.8 Å². The minimum absolute atomic E-state index is 0.396. The average Bonchev–Trinajstić information content (AvgIpc) is 3.00. The Kier molecular flexibility index (Phi) is 2.47. The summed E-state index contributed by atoms with van der Waals surface area (Å²) in [6.45, 7) is 0.481. The second kappa shape index (κ2) is 3.60. The van der Waals surface area contributed by atoms with Crippen LogP contribution in [-0.2, 0) is 17.3 Å². The fourth-order valence-corrected chi connectivity index (χ4v) is 2.88. The molecule has 1 atom stereocenters. The fraction of sp³-hybridized carbons (Fsp3) is 0.400. The van der Waals surface area contributed by atoms with Crippen LogP contribution in [0.5, 0.6) is 0 Å². The van der Waals surface area contributed by atoms with Crippen molar-refractivity contribution in [1.82, 2.24) is 0 Å². The first kappa shape index (κ1) is 8.91. The van der Waals surface area contributed by atoms with Crippen LogP contribution in [0.4, 0.5) is 0 Å². The molecular weight excluding hydrogens is 182 g/mol. The topological polar surface area (TPSA) is 43.1 Å². The van der Waals surface area contributed by atoms with Crippen LogP contribution >= 0.6 is 0 Å². The number of rotatable bonds is 3. The normalized spacial score (nSPS) is 18.5. The average molecular weight is 195 g/mol. The number of nitrogens with two attached hydrogens (primary N) is 1. The molecule has 3 heteroatoms. The quantitative estimate of drug-likeness (QED) is 0.792. The summed E-state index contributed by atoms with van der Waals surface area (Å²) in [4.78, 5) is 0.938. The molecule has 0 bridgehead atoms. The highest BCUT2D eigenvalue weighted by molar-refractivity contribution is 7.86. The highest BCUT2D eigenvalue weighted by Crippen LogP contribution is 2.31. The molecule has 2 rings (SSSR count). The van der Waals surface area contributed by atoms with Crippen LogP contribution in [0.25, 0.3) is 0 Å². The van der Waals surface area contributed by atoms with Crippen molar-refractivity contribution in [1.29, 1.82) is 0 Å². The molecule has 2 N–H and O–H groups in total. The van der Waals surface area contributed by atoms with Gasteiger partial charge in [0, 0.05) is 16.7 Å². The fourth-order valence-electron chi connectivity index (χ4n) is 1.33. The summed E-state index contributed by atoms with van der Waals surface area (Å²) in [5, 5.41) is 0.396. The highest BCUT2D eigenvalue weighted by Gasteiger charge is 2.30. The van der Waals surface area contributed by atoms with Crippen LogP contribution in [-0.4, -0.2) is 9.46 Å². The maximum atomic E-state index is 11.8. The Morgan fingerprint density at radius 2 is 2.08 bits per heavy atom. The van der Waals surface area contributed by atoms with Crippen LogP contribution < -0.4 is 5.73 Å². The molecular formula is C10H13NOS. The Morgan fingerprint density at radius 3 is 2.69 bits per heavy atom. The van der Waals surface area contributed by atoms with E-state index in [0.29, 0.717) is 11.8 Å². The molecule has 0 aromatic heterocycles. The Morgan fingerprint density at radius 1 is 1.38 bits per heavy atom. The monoisotopic (exact) mass is 195 g/mol. The van der Waals surface area contributed by atoms with Gasteiger partial charge in [0.2, 0.25) is 0 Å². The van der Waals surface area contributed by atoms with E-state index >= 15 is 0 Å². The van der Waals surface area contributed by atoms with Crippen LogP contribution in [0.1, 0.15) is 18.4 Å². The maximum Gasteiger partial charge on any atom is 0.0564 e. The van der Waals surface area contributed by atoms with Gasteiger partial charge in [-0.25, -0.2) is 0 Å². The smallest absolute Gasteiger partial charge is 0.0564 e. The van der Waals surface area contributed by atoms with Gasteiger partial charge in [-0.3, -0.25) is 4.21 Å². The second-order valence-electron chi connectivity index (χ2n) is 3.31. The molecule has 1 unspecified atom stereocenters. The van der Waals surface area contributed by atoms with Gasteiger partial charge in [0.25, 0.3) is 0 Å². The molecule has 1 aromatic carbocycles. The van der Waals surface area contributed by atoms with Gasteiger partial charge in [-0.1, -0.05) is 18.2 Å². The molecule has 0 amide bonds. The van der Waals surface area contributed by atoms with E-state index in [1.807, 2.05) is 24.3 Å². The van der Waals surface area contributed by atoms with E-state index in [9.17, 15) is 4.21 Å². The summed E-state index contributed by atoms with van der Waals surface area (Å²) in [7, 11) is -0.815. The van der Waals surface area contributed by atoms with Crippen LogP contribution in [0.15, 0.2) is 29.2 Å². The van der Waals surface area contributed by atoms with Crippen LogP contribution in [0, 0.1) is 0 Å². The minimum Gasteiger partial charge on any atom is -0.326 e. The summed E-state index contributed by atoms with van der Waals surface area (Å²) < 4.78 is 11.8. The summed E-state index contributed by atoms with van der Waals surface area (Å²) in [5.74, 6) is 0. The molecule has 0 aliphatic heterocycles. The molecule has 0 radical (unpaired) electrons. The summed E-state index contributed by atoms with van der Waals surface area (Å²) >= 11 is 0. The largest absolute Gasteiger partial charge is 0.326 e. The Balaban J connectivity index is 2.31. The van der Waals surface area contributed by atoms with E-state index in [4.69, 9.17) is 5.73 Å². The molecule has 0 heterocycles. The molecule has 1 aromatic rings. The standard InChI is InChI=1S/C10H13NOS/c11-7-8-3-1-2-4-10(8)13(12)9-5-6-9/h1-4,9H,5-7,11H2. The van der Waals surface area contributed by atoms with Crippen molar-refractivity contribution < 1.29 is 4.21 Å². The van der Waals surface area contributed by atoms with Gasteiger partial charge in [-0.15, -0.1) is 0 Å². The lowest BCUT2D eigenvalue weighted by Gasteiger charge is -2.05. The lowest BCUT2D eigenvalue weighted by atomic mass is 10.2.